The Morgan fingerprint density at radius 1 is 1.43 bits per heavy atom. The lowest BCUT2D eigenvalue weighted by molar-refractivity contribution is -0.129. The predicted octanol–water partition coefficient (Wildman–Crippen LogP) is 1.88. The summed E-state index contributed by atoms with van der Waals surface area (Å²) in [6, 6.07) is 1.90. The third kappa shape index (κ3) is 3.39. The van der Waals surface area contributed by atoms with Crippen LogP contribution < -0.4 is 5.32 Å². The minimum atomic E-state index is -0.271. The number of hydrogen-bond acceptors (Lipinski definition) is 5. The number of rotatable bonds is 4. The summed E-state index contributed by atoms with van der Waals surface area (Å²) in [7, 11) is 1.86. The first-order valence-corrected chi connectivity index (χ1v) is 7.90. The monoisotopic (exact) mass is 315 g/mol. The van der Waals surface area contributed by atoms with E-state index >= 15 is 0 Å². The van der Waals surface area contributed by atoms with Gasteiger partial charge in [-0.05, 0) is 18.9 Å². The van der Waals surface area contributed by atoms with Gasteiger partial charge in [-0.2, -0.15) is 5.10 Å². The molecule has 0 spiro atoms. The number of carbonyl (C=O) groups excluding carboxylic acids is 1. The maximum Gasteiger partial charge on any atom is 0.230 e. The van der Waals surface area contributed by atoms with E-state index in [2.05, 4.69) is 20.4 Å². The van der Waals surface area contributed by atoms with E-state index in [9.17, 15) is 4.79 Å². The van der Waals surface area contributed by atoms with Crippen molar-refractivity contribution >= 4 is 11.6 Å². The molecule has 0 aliphatic carbocycles. The molecule has 0 aromatic carbocycles. The third-order valence-electron chi connectivity index (χ3n) is 4.10. The fraction of sp³-hybridized carbons (Fsp3) is 0.500. The van der Waals surface area contributed by atoms with Crippen LogP contribution in [-0.2, 0) is 23.0 Å². The third-order valence-corrected chi connectivity index (χ3v) is 4.10. The van der Waals surface area contributed by atoms with Gasteiger partial charge in [-0.3, -0.25) is 9.48 Å². The molecule has 0 saturated carbocycles. The van der Waals surface area contributed by atoms with Crippen LogP contribution in [0.3, 0.4) is 0 Å². The highest BCUT2D eigenvalue weighted by molar-refractivity contribution is 5.92. The topological polar surface area (TPSA) is 81.9 Å². The fourth-order valence-corrected chi connectivity index (χ4v) is 2.84. The summed E-state index contributed by atoms with van der Waals surface area (Å²) in [6.45, 7) is 2.65. The van der Waals surface area contributed by atoms with Crippen molar-refractivity contribution in [2.45, 2.75) is 32.3 Å². The standard InChI is InChI=1S/C16H21N5O2/c1-3-14-17-9-11(10-18-14)20-16(22)12-5-4-8-23-15(12)13-6-7-19-21(13)2/h6-7,9-10,12,15H,3-5,8H2,1-2H3,(H,20,22)/t12-,15-/m1/s1. The Balaban J connectivity index is 1.74. The van der Waals surface area contributed by atoms with E-state index in [4.69, 9.17) is 4.74 Å². The number of nitrogens with zero attached hydrogens (tertiary/aromatic N) is 4. The lowest BCUT2D eigenvalue weighted by atomic mass is 9.91. The van der Waals surface area contributed by atoms with Gasteiger partial charge in [0.25, 0.3) is 0 Å². The summed E-state index contributed by atoms with van der Waals surface area (Å²) in [5.74, 6) is 0.450. The smallest absolute Gasteiger partial charge is 0.230 e. The second-order valence-corrected chi connectivity index (χ2v) is 5.65. The van der Waals surface area contributed by atoms with E-state index in [0.717, 1.165) is 30.8 Å². The molecule has 7 nitrogen and oxygen atoms in total. The average molecular weight is 315 g/mol. The molecule has 3 rings (SSSR count). The number of amides is 1. The number of carbonyl (C=O) groups is 1. The largest absolute Gasteiger partial charge is 0.371 e. The normalized spacial score (nSPS) is 21.1. The zero-order chi connectivity index (χ0) is 16.2. The summed E-state index contributed by atoms with van der Waals surface area (Å²) in [6.07, 6.45) is 7.17. The van der Waals surface area contributed by atoms with E-state index in [1.807, 2.05) is 20.0 Å². The zero-order valence-electron chi connectivity index (χ0n) is 13.4. The molecular formula is C16H21N5O2. The average Bonchev–Trinajstić information content (AvgIpc) is 3.01. The number of nitrogens with one attached hydrogen (secondary N) is 1. The second-order valence-electron chi connectivity index (χ2n) is 5.65. The van der Waals surface area contributed by atoms with Crippen molar-refractivity contribution in [3.8, 4) is 0 Å². The van der Waals surface area contributed by atoms with Crippen molar-refractivity contribution in [2.75, 3.05) is 11.9 Å². The summed E-state index contributed by atoms with van der Waals surface area (Å²) < 4.78 is 7.62. The van der Waals surface area contributed by atoms with Crippen LogP contribution in [0.2, 0.25) is 0 Å². The molecule has 122 valence electrons. The molecule has 0 radical (unpaired) electrons. The Labute approximate surface area is 135 Å². The molecule has 1 N–H and O–H groups in total. The molecule has 7 heteroatoms. The molecule has 2 atom stereocenters. The highest BCUT2D eigenvalue weighted by Gasteiger charge is 2.34. The summed E-state index contributed by atoms with van der Waals surface area (Å²) in [5, 5.41) is 7.07. The Morgan fingerprint density at radius 2 is 2.22 bits per heavy atom. The van der Waals surface area contributed by atoms with Crippen LogP contribution in [-0.4, -0.2) is 32.3 Å². The number of anilines is 1. The quantitative estimate of drug-likeness (QED) is 0.931. The Kier molecular flexibility index (Phi) is 4.66. The molecule has 0 unspecified atom stereocenters. The number of ether oxygens (including phenoxy) is 1. The van der Waals surface area contributed by atoms with E-state index in [1.165, 1.54) is 0 Å². The van der Waals surface area contributed by atoms with E-state index in [-0.39, 0.29) is 17.9 Å². The molecule has 3 heterocycles. The molecule has 1 aliphatic heterocycles. The van der Waals surface area contributed by atoms with Crippen molar-refractivity contribution in [1.82, 2.24) is 19.7 Å². The second kappa shape index (κ2) is 6.87. The molecule has 23 heavy (non-hydrogen) atoms. The molecule has 1 amide bonds. The first-order chi connectivity index (χ1) is 11.2. The first-order valence-electron chi connectivity index (χ1n) is 7.90. The molecule has 2 aromatic rings. The number of hydrogen-bond donors (Lipinski definition) is 1. The van der Waals surface area contributed by atoms with Gasteiger partial charge >= 0.3 is 0 Å². The van der Waals surface area contributed by atoms with Gasteiger partial charge in [0.2, 0.25) is 5.91 Å². The minimum Gasteiger partial charge on any atom is -0.371 e. The fourth-order valence-electron chi connectivity index (χ4n) is 2.84. The Bertz CT molecular complexity index is 667. The maximum atomic E-state index is 12.7. The van der Waals surface area contributed by atoms with Crippen molar-refractivity contribution in [3.63, 3.8) is 0 Å². The first kappa shape index (κ1) is 15.6. The van der Waals surface area contributed by atoms with Gasteiger partial charge in [0.05, 0.1) is 29.7 Å². The van der Waals surface area contributed by atoms with Crippen LogP contribution >= 0.6 is 0 Å². The van der Waals surface area contributed by atoms with Crippen molar-refractivity contribution in [3.05, 3.63) is 36.2 Å². The molecule has 0 bridgehead atoms. The van der Waals surface area contributed by atoms with Crippen molar-refractivity contribution in [1.29, 1.82) is 0 Å². The van der Waals surface area contributed by atoms with Crippen molar-refractivity contribution < 1.29 is 9.53 Å². The van der Waals surface area contributed by atoms with Gasteiger partial charge < -0.3 is 10.1 Å². The Morgan fingerprint density at radius 3 is 2.87 bits per heavy atom. The van der Waals surface area contributed by atoms with Gasteiger partial charge in [0.15, 0.2) is 0 Å². The maximum absolute atomic E-state index is 12.7. The summed E-state index contributed by atoms with van der Waals surface area (Å²) in [5.41, 5.74) is 1.53. The van der Waals surface area contributed by atoms with Crippen LogP contribution in [0, 0.1) is 5.92 Å². The SMILES string of the molecule is CCc1ncc(NC(=O)[C@@H]2CCCO[C@H]2c2ccnn2C)cn1. The van der Waals surface area contributed by atoms with Crippen molar-refractivity contribution in [2.24, 2.45) is 13.0 Å². The van der Waals surface area contributed by atoms with Gasteiger partial charge in [-0.15, -0.1) is 0 Å². The van der Waals surface area contributed by atoms with Gasteiger partial charge in [-0.25, -0.2) is 9.97 Å². The highest BCUT2D eigenvalue weighted by atomic mass is 16.5. The summed E-state index contributed by atoms with van der Waals surface area (Å²) in [4.78, 5) is 21.1. The number of aryl methyl sites for hydroxylation is 2. The van der Waals surface area contributed by atoms with Gasteiger partial charge in [0.1, 0.15) is 11.9 Å². The van der Waals surface area contributed by atoms with Gasteiger partial charge in [0, 0.05) is 26.3 Å². The van der Waals surface area contributed by atoms with Crippen LogP contribution in [0.25, 0.3) is 0 Å². The summed E-state index contributed by atoms with van der Waals surface area (Å²) >= 11 is 0. The molecule has 1 fully saturated rings. The van der Waals surface area contributed by atoms with E-state index in [0.29, 0.717) is 12.3 Å². The van der Waals surface area contributed by atoms with Crippen LogP contribution in [0.4, 0.5) is 5.69 Å². The highest BCUT2D eigenvalue weighted by Crippen LogP contribution is 2.34. The minimum absolute atomic E-state index is 0.0660. The molecule has 2 aromatic heterocycles. The molecule has 1 aliphatic rings. The van der Waals surface area contributed by atoms with E-state index in [1.54, 1.807) is 23.3 Å². The molecule has 1 saturated heterocycles. The zero-order valence-corrected chi connectivity index (χ0v) is 13.4. The van der Waals surface area contributed by atoms with Crippen LogP contribution in [0.1, 0.15) is 37.4 Å². The van der Waals surface area contributed by atoms with Gasteiger partial charge in [-0.1, -0.05) is 6.92 Å². The number of aromatic nitrogens is 4. The lowest BCUT2D eigenvalue weighted by Gasteiger charge is -2.30. The van der Waals surface area contributed by atoms with Crippen LogP contribution in [0.5, 0.6) is 0 Å². The van der Waals surface area contributed by atoms with E-state index < -0.39 is 0 Å². The Hall–Kier alpha value is -2.28. The predicted molar refractivity (Wildman–Crippen MR) is 84.7 cm³/mol. The molecular weight excluding hydrogens is 294 g/mol. The van der Waals surface area contributed by atoms with Crippen LogP contribution in [0.15, 0.2) is 24.7 Å². The lowest BCUT2D eigenvalue weighted by Crippen LogP contribution is -2.34.